The van der Waals surface area contributed by atoms with Crippen LogP contribution in [0.2, 0.25) is 0 Å². The lowest BCUT2D eigenvalue weighted by Gasteiger charge is -2.21. The highest BCUT2D eigenvalue weighted by atomic mass is 19.1. The number of nitrogens with two attached hydrogens (primary N) is 1. The molecule has 5 nitrogen and oxygen atoms in total. The Bertz CT molecular complexity index is 570. The second-order valence-electron chi connectivity index (χ2n) is 4.14. The molecule has 2 N–H and O–H groups in total. The molecule has 0 bridgehead atoms. The number of hydrogen-bond donors (Lipinski definition) is 1. The van der Waals surface area contributed by atoms with E-state index in [-0.39, 0.29) is 11.7 Å². The quantitative estimate of drug-likeness (QED) is 0.909. The van der Waals surface area contributed by atoms with Crippen LogP contribution in [0, 0.1) is 5.82 Å². The van der Waals surface area contributed by atoms with Gasteiger partial charge in [-0.05, 0) is 38.1 Å². The molecule has 0 spiro atoms. The molecule has 0 atom stereocenters. The highest BCUT2D eigenvalue weighted by molar-refractivity contribution is 5.68. The molecule has 0 saturated heterocycles. The Kier molecular flexibility index (Phi) is 4.34. The van der Waals surface area contributed by atoms with Crippen molar-refractivity contribution in [3.63, 3.8) is 0 Å². The summed E-state index contributed by atoms with van der Waals surface area (Å²) < 4.78 is 18.4. The Morgan fingerprint density at radius 2 is 1.80 bits per heavy atom. The fourth-order valence-corrected chi connectivity index (χ4v) is 1.84. The first kappa shape index (κ1) is 14.0. The molecule has 0 aliphatic rings. The van der Waals surface area contributed by atoms with Crippen LogP contribution >= 0.6 is 0 Å². The molecule has 2 rings (SSSR count). The van der Waals surface area contributed by atoms with E-state index in [1.807, 2.05) is 18.7 Å². The summed E-state index contributed by atoms with van der Waals surface area (Å²) in [4.78, 5) is 10.2. The van der Waals surface area contributed by atoms with Crippen molar-refractivity contribution < 1.29 is 9.13 Å². The third kappa shape index (κ3) is 2.96. The summed E-state index contributed by atoms with van der Waals surface area (Å²) in [6, 6.07) is 5.68. The highest BCUT2D eigenvalue weighted by Crippen LogP contribution is 2.31. The van der Waals surface area contributed by atoms with Crippen LogP contribution in [0.5, 0.6) is 11.6 Å². The lowest BCUT2D eigenvalue weighted by Crippen LogP contribution is -2.24. The van der Waals surface area contributed by atoms with Crippen molar-refractivity contribution >= 4 is 11.5 Å². The van der Waals surface area contributed by atoms with Gasteiger partial charge < -0.3 is 15.4 Å². The van der Waals surface area contributed by atoms with E-state index in [4.69, 9.17) is 10.5 Å². The van der Waals surface area contributed by atoms with Gasteiger partial charge in [-0.2, -0.15) is 4.98 Å². The molecule has 2 aromatic rings. The number of hydrogen-bond acceptors (Lipinski definition) is 5. The monoisotopic (exact) mass is 276 g/mol. The highest BCUT2D eigenvalue weighted by Gasteiger charge is 2.14. The molecule has 0 aliphatic heterocycles. The maximum Gasteiger partial charge on any atom is 0.248 e. The Morgan fingerprint density at radius 3 is 2.40 bits per heavy atom. The van der Waals surface area contributed by atoms with Gasteiger partial charge >= 0.3 is 0 Å². The standard InChI is InChI=1S/C14H17FN4O/c1-3-19(4-2)13-12(16)14(18-9-17-13)20-11-7-5-10(15)6-8-11/h5-9H,3-4,16H2,1-2H3. The van der Waals surface area contributed by atoms with Crippen molar-refractivity contribution in [3.8, 4) is 11.6 Å². The Morgan fingerprint density at radius 1 is 1.15 bits per heavy atom. The van der Waals surface area contributed by atoms with Crippen LogP contribution in [0.4, 0.5) is 15.9 Å². The number of nitrogens with zero attached hydrogens (tertiary/aromatic N) is 3. The Labute approximate surface area is 117 Å². The van der Waals surface area contributed by atoms with Gasteiger partial charge in [0.2, 0.25) is 5.88 Å². The van der Waals surface area contributed by atoms with E-state index in [1.54, 1.807) is 0 Å². The summed E-state index contributed by atoms with van der Waals surface area (Å²) in [6.45, 7) is 5.61. The topological polar surface area (TPSA) is 64.3 Å². The van der Waals surface area contributed by atoms with E-state index in [0.717, 1.165) is 13.1 Å². The molecule has 20 heavy (non-hydrogen) atoms. The molecule has 106 valence electrons. The lowest BCUT2D eigenvalue weighted by atomic mass is 10.3. The van der Waals surface area contributed by atoms with Crippen molar-refractivity contribution in [1.29, 1.82) is 0 Å². The smallest absolute Gasteiger partial charge is 0.248 e. The fourth-order valence-electron chi connectivity index (χ4n) is 1.84. The minimum absolute atomic E-state index is 0.272. The van der Waals surface area contributed by atoms with E-state index in [1.165, 1.54) is 30.6 Å². The molecule has 0 aliphatic carbocycles. The largest absolute Gasteiger partial charge is 0.437 e. The van der Waals surface area contributed by atoms with Gasteiger partial charge in [0.1, 0.15) is 23.6 Å². The SMILES string of the molecule is CCN(CC)c1ncnc(Oc2ccc(F)cc2)c1N. The number of ether oxygens (including phenoxy) is 1. The number of nitrogen functional groups attached to an aromatic ring is 1. The minimum Gasteiger partial charge on any atom is -0.437 e. The van der Waals surface area contributed by atoms with E-state index in [2.05, 4.69) is 9.97 Å². The number of aromatic nitrogens is 2. The molecular weight excluding hydrogens is 259 g/mol. The van der Waals surface area contributed by atoms with E-state index >= 15 is 0 Å². The maximum atomic E-state index is 12.9. The Hall–Kier alpha value is -2.37. The van der Waals surface area contributed by atoms with Crippen LogP contribution in [0.3, 0.4) is 0 Å². The van der Waals surface area contributed by atoms with Crippen LogP contribution in [0.15, 0.2) is 30.6 Å². The first-order valence-electron chi connectivity index (χ1n) is 6.44. The van der Waals surface area contributed by atoms with Gasteiger partial charge in [-0.3, -0.25) is 0 Å². The van der Waals surface area contributed by atoms with Crippen LogP contribution in [0.25, 0.3) is 0 Å². The average Bonchev–Trinajstić information content (AvgIpc) is 2.46. The first-order valence-corrected chi connectivity index (χ1v) is 6.44. The normalized spacial score (nSPS) is 10.3. The van der Waals surface area contributed by atoms with Crippen molar-refractivity contribution in [2.45, 2.75) is 13.8 Å². The molecule has 0 radical (unpaired) electrons. The predicted molar refractivity (Wildman–Crippen MR) is 76.5 cm³/mol. The van der Waals surface area contributed by atoms with Crippen molar-refractivity contribution in [2.24, 2.45) is 0 Å². The molecule has 0 unspecified atom stereocenters. The van der Waals surface area contributed by atoms with Crippen LogP contribution < -0.4 is 15.4 Å². The van der Waals surface area contributed by atoms with Gasteiger partial charge in [-0.25, -0.2) is 9.37 Å². The zero-order valence-corrected chi connectivity index (χ0v) is 11.5. The summed E-state index contributed by atoms with van der Waals surface area (Å²) in [5, 5.41) is 0. The molecule has 1 heterocycles. The zero-order chi connectivity index (χ0) is 14.5. The second-order valence-corrected chi connectivity index (χ2v) is 4.14. The summed E-state index contributed by atoms with van der Waals surface area (Å²) in [6.07, 6.45) is 1.41. The van der Waals surface area contributed by atoms with Gasteiger partial charge in [0.25, 0.3) is 0 Å². The summed E-state index contributed by atoms with van der Waals surface area (Å²) >= 11 is 0. The lowest BCUT2D eigenvalue weighted by molar-refractivity contribution is 0.462. The molecule has 1 aromatic carbocycles. The fraction of sp³-hybridized carbons (Fsp3) is 0.286. The van der Waals surface area contributed by atoms with Crippen LogP contribution in [-0.4, -0.2) is 23.1 Å². The predicted octanol–water partition coefficient (Wildman–Crippen LogP) is 2.84. The zero-order valence-electron chi connectivity index (χ0n) is 11.5. The third-order valence-corrected chi connectivity index (χ3v) is 2.92. The van der Waals surface area contributed by atoms with Crippen LogP contribution in [-0.2, 0) is 0 Å². The summed E-state index contributed by atoms with van der Waals surface area (Å²) in [7, 11) is 0. The van der Waals surface area contributed by atoms with Crippen molar-refractivity contribution in [3.05, 3.63) is 36.4 Å². The van der Waals surface area contributed by atoms with E-state index < -0.39 is 0 Å². The maximum absolute atomic E-state index is 12.9. The van der Waals surface area contributed by atoms with Crippen molar-refractivity contribution in [2.75, 3.05) is 23.7 Å². The number of benzene rings is 1. The number of rotatable bonds is 5. The molecular formula is C14H17FN4O. The van der Waals surface area contributed by atoms with Gasteiger partial charge in [0.15, 0.2) is 5.82 Å². The summed E-state index contributed by atoms with van der Waals surface area (Å²) in [5.41, 5.74) is 6.42. The first-order chi connectivity index (χ1) is 9.65. The van der Waals surface area contributed by atoms with Gasteiger partial charge in [-0.15, -0.1) is 0 Å². The second kappa shape index (κ2) is 6.18. The van der Waals surface area contributed by atoms with Gasteiger partial charge in [-0.1, -0.05) is 0 Å². The van der Waals surface area contributed by atoms with Gasteiger partial charge in [0, 0.05) is 13.1 Å². The molecule has 0 amide bonds. The Balaban J connectivity index is 2.28. The minimum atomic E-state index is -0.322. The number of halogens is 1. The molecule has 1 aromatic heterocycles. The summed E-state index contributed by atoms with van der Waals surface area (Å²) in [5.74, 6) is 1.06. The van der Waals surface area contributed by atoms with E-state index in [9.17, 15) is 4.39 Å². The van der Waals surface area contributed by atoms with Crippen LogP contribution in [0.1, 0.15) is 13.8 Å². The van der Waals surface area contributed by atoms with Gasteiger partial charge in [0.05, 0.1) is 0 Å². The molecule has 0 fully saturated rings. The third-order valence-electron chi connectivity index (χ3n) is 2.92. The van der Waals surface area contributed by atoms with E-state index in [0.29, 0.717) is 17.3 Å². The van der Waals surface area contributed by atoms with Crippen molar-refractivity contribution in [1.82, 2.24) is 9.97 Å². The molecule has 0 saturated carbocycles. The molecule has 6 heteroatoms. The average molecular weight is 276 g/mol. The number of anilines is 2.